The van der Waals surface area contributed by atoms with E-state index in [0.29, 0.717) is 17.8 Å². The van der Waals surface area contributed by atoms with E-state index in [4.69, 9.17) is 4.74 Å². The predicted octanol–water partition coefficient (Wildman–Crippen LogP) is 1.08. The van der Waals surface area contributed by atoms with Gasteiger partial charge in [-0.25, -0.2) is 13.9 Å². The minimum atomic E-state index is -1.71. The lowest BCUT2D eigenvalue weighted by Gasteiger charge is -2.13. The number of alkyl halides is 1. The number of halogens is 1. The zero-order valence-electron chi connectivity index (χ0n) is 18.3. The summed E-state index contributed by atoms with van der Waals surface area (Å²) in [5, 5.41) is 27.7. The van der Waals surface area contributed by atoms with Gasteiger partial charge in [0.2, 0.25) is 5.60 Å². The molecule has 4 atom stereocenters. The highest BCUT2D eigenvalue weighted by atomic mass is 19.1. The number of esters is 1. The summed E-state index contributed by atoms with van der Waals surface area (Å²) in [4.78, 5) is 25.9. The van der Waals surface area contributed by atoms with Crippen molar-refractivity contribution in [2.24, 2.45) is 5.92 Å². The van der Waals surface area contributed by atoms with E-state index in [-0.39, 0.29) is 30.8 Å². The Morgan fingerprint density at radius 3 is 2.88 bits per heavy atom. The summed E-state index contributed by atoms with van der Waals surface area (Å²) in [6.45, 7) is 2.24. The fourth-order valence-corrected chi connectivity index (χ4v) is 3.61. The van der Waals surface area contributed by atoms with E-state index in [1.54, 1.807) is 38.2 Å². The maximum Gasteiger partial charge on any atom is 0.361 e. The van der Waals surface area contributed by atoms with E-state index in [1.807, 2.05) is 0 Å². The van der Waals surface area contributed by atoms with Gasteiger partial charge in [-0.2, -0.15) is 5.10 Å². The number of carbonyl (C=O) groups excluding carboxylic acids is 2. The summed E-state index contributed by atoms with van der Waals surface area (Å²) in [5.41, 5.74) is -0.462. The Hall–Kier alpha value is -3.42. The first-order valence-corrected chi connectivity index (χ1v) is 10.7. The highest BCUT2D eigenvalue weighted by molar-refractivity contribution is 5.93. The molecule has 1 aliphatic carbocycles. The SMILES string of the molecule is CCOC(=O)c1nn(-c2cccc(C#C[C@]3(O)CCN(C)C3=O)c2)cc1NC(O)[C@H]1C[C@H]1F. The van der Waals surface area contributed by atoms with Gasteiger partial charge in [0.1, 0.15) is 12.4 Å². The molecule has 2 fully saturated rings. The molecule has 2 aromatic rings. The van der Waals surface area contributed by atoms with Crippen LogP contribution in [0, 0.1) is 17.8 Å². The Morgan fingerprint density at radius 1 is 1.48 bits per heavy atom. The first-order chi connectivity index (χ1) is 15.7. The number of carbonyl (C=O) groups is 2. The lowest BCUT2D eigenvalue weighted by atomic mass is 10.0. The third-order valence-electron chi connectivity index (χ3n) is 5.68. The smallest absolute Gasteiger partial charge is 0.361 e. The topological polar surface area (TPSA) is 117 Å². The lowest BCUT2D eigenvalue weighted by molar-refractivity contribution is -0.137. The highest BCUT2D eigenvalue weighted by Crippen LogP contribution is 2.37. The van der Waals surface area contributed by atoms with Crippen molar-refractivity contribution in [2.75, 3.05) is 25.5 Å². The van der Waals surface area contributed by atoms with Crippen LogP contribution in [0.5, 0.6) is 0 Å². The molecule has 2 heterocycles. The number of hydrogen-bond acceptors (Lipinski definition) is 7. The van der Waals surface area contributed by atoms with Gasteiger partial charge in [0, 0.05) is 31.5 Å². The van der Waals surface area contributed by atoms with E-state index in [9.17, 15) is 24.2 Å². The van der Waals surface area contributed by atoms with Crippen molar-refractivity contribution >= 4 is 17.6 Å². The maximum absolute atomic E-state index is 13.3. The molecule has 4 rings (SSSR count). The Kier molecular flexibility index (Phi) is 6.10. The predicted molar refractivity (Wildman–Crippen MR) is 116 cm³/mol. The molecule has 1 aliphatic heterocycles. The van der Waals surface area contributed by atoms with Gasteiger partial charge in [0.15, 0.2) is 5.69 Å². The second kappa shape index (κ2) is 8.84. The van der Waals surface area contributed by atoms with Crippen LogP contribution in [0.4, 0.5) is 10.1 Å². The van der Waals surface area contributed by atoms with Gasteiger partial charge in [0.05, 0.1) is 24.2 Å². The highest BCUT2D eigenvalue weighted by Gasteiger charge is 2.44. The molecular formula is C23H25FN4O5. The average Bonchev–Trinajstić information content (AvgIpc) is 3.30. The number of likely N-dealkylation sites (N-methyl/N-ethyl adjacent to an activating group) is 1. The molecule has 3 N–H and O–H groups in total. The fraction of sp³-hybridized carbons (Fsp3) is 0.435. The number of nitrogens with zero attached hydrogens (tertiary/aromatic N) is 3. The van der Waals surface area contributed by atoms with Gasteiger partial charge in [0.25, 0.3) is 5.91 Å². The Labute approximate surface area is 190 Å². The quantitative estimate of drug-likeness (QED) is 0.338. The molecular weight excluding hydrogens is 431 g/mol. The fourth-order valence-electron chi connectivity index (χ4n) is 3.61. The molecule has 2 aliphatic rings. The molecule has 1 saturated heterocycles. The number of hydrogen-bond donors (Lipinski definition) is 3. The molecule has 1 unspecified atom stereocenters. The number of benzene rings is 1. The van der Waals surface area contributed by atoms with Crippen molar-refractivity contribution in [1.82, 2.24) is 14.7 Å². The minimum absolute atomic E-state index is 0.0441. The number of anilines is 1. The zero-order chi connectivity index (χ0) is 23.8. The second-order valence-electron chi connectivity index (χ2n) is 8.20. The van der Waals surface area contributed by atoms with Crippen molar-refractivity contribution in [3.05, 3.63) is 41.7 Å². The van der Waals surface area contributed by atoms with Crippen LogP contribution >= 0.6 is 0 Å². The van der Waals surface area contributed by atoms with Gasteiger partial charge in [-0.05, 0) is 31.5 Å². The van der Waals surface area contributed by atoms with Crippen LogP contribution in [0.2, 0.25) is 0 Å². The molecule has 1 saturated carbocycles. The number of aliphatic hydroxyl groups excluding tert-OH is 1. The van der Waals surface area contributed by atoms with E-state index >= 15 is 0 Å². The summed E-state index contributed by atoms with van der Waals surface area (Å²) < 4.78 is 19.8. The van der Waals surface area contributed by atoms with Crippen molar-refractivity contribution < 1.29 is 28.9 Å². The Morgan fingerprint density at radius 2 is 2.24 bits per heavy atom. The molecule has 1 aromatic heterocycles. The Bertz CT molecular complexity index is 1140. The van der Waals surface area contributed by atoms with Gasteiger partial charge >= 0.3 is 5.97 Å². The standard InChI is InChI=1S/C23H25FN4O5/c1-3-33-21(30)19-18(25-20(29)16-12-17(16)24)13-28(26-19)15-6-4-5-14(11-15)7-8-23(32)9-10-27(2)22(23)31/h4-6,11,13,16-17,20,25,29,32H,3,9-10,12H2,1-2H3/t16-,17+,20?,23-/m0/s1. The van der Waals surface area contributed by atoms with E-state index in [1.165, 1.54) is 15.8 Å². The van der Waals surface area contributed by atoms with Gasteiger partial charge in [-0.3, -0.25) is 4.79 Å². The largest absolute Gasteiger partial charge is 0.461 e. The molecule has 9 nitrogen and oxygen atoms in total. The third-order valence-corrected chi connectivity index (χ3v) is 5.68. The number of aliphatic hydroxyl groups is 2. The van der Waals surface area contributed by atoms with Gasteiger partial charge < -0.3 is 25.2 Å². The summed E-state index contributed by atoms with van der Waals surface area (Å²) in [6, 6.07) is 6.85. The summed E-state index contributed by atoms with van der Waals surface area (Å²) in [7, 11) is 1.61. The average molecular weight is 456 g/mol. The number of aromatic nitrogens is 2. The van der Waals surface area contributed by atoms with Crippen LogP contribution < -0.4 is 5.32 Å². The molecule has 33 heavy (non-hydrogen) atoms. The van der Waals surface area contributed by atoms with E-state index in [0.717, 1.165) is 0 Å². The molecule has 10 heteroatoms. The number of rotatable bonds is 6. The van der Waals surface area contributed by atoms with Crippen LogP contribution in [-0.4, -0.2) is 75.0 Å². The monoisotopic (exact) mass is 456 g/mol. The number of nitrogens with one attached hydrogen (secondary N) is 1. The summed E-state index contributed by atoms with van der Waals surface area (Å²) >= 11 is 0. The molecule has 1 amide bonds. The maximum atomic E-state index is 13.3. The van der Waals surface area contributed by atoms with Crippen LogP contribution in [-0.2, 0) is 9.53 Å². The van der Waals surface area contributed by atoms with Crippen LogP contribution in [0.3, 0.4) is 0 Å². The second-order valence-corrected chi connectivity index (χ2v) is 8.20. The molecule has 0 bridgehead atoms. The van der Waals surface area contributed by atoms with Crippen LogP contribution in [0.1, 0.15) is 35.8 Å². The first-order valence-electron chi connectivity index (χ1n) is 10.7. The van der Waals surface area contributed by atoms with Crippen LogP contribution in [0.15, 0.2) is 30.5 Å². The van der Waals surface area contributed by atoms with E-state index in [2.05, 4.69) is 22.3 Å². The number of likely N-dealkylation sites (tertiary alicyclic amines) is 1. The minimum Gasteiger partial charge on any atom is -0.461 e. The molecule has 1 aromatic carbocycles. The van der Waals surface area contributed by atoms with Crippen molar-refractivity contribution in [2.45, 2.75) is 37.8 Å². The molecule has 0 radical (unpaired) electrons. The lowest BCUT2D eigenvalue weighted by Crippen LogP contribution is -2.37. The number of ether oxygens (including phenoxy) is 1. The third kappa shape index (κ3) is 4.69. The van der Waals surface area contributed by atoms with Crippen LogP contribution in [0.25, 0.3) is 5.69 Å². The van der Waals surface area contributed by atoms with Gasteiger partial charge in [-0.1, -0.05) is 17.9 Å². The van der Waals surface area contributed by atoms with Crippen molar-refractivity contribution in [3.63, 3.8) is 0 Å². The van der Waals surface area contributed by atoms with Gasteiger partial charge in [-0.15, -0.1) is 0 Å². The first kappa shape index (κ1) is 22.8. The summed E-state index contributed by atoms with van der Waals surface area (Å²) in [6.07, 6.45) is -0.255. The zero-order valence-corrected chi connectivity index (χ0v) is 18.3. The molecule has 0 spiro atoms. The molecule has 174 valence electrons. The van der Waals surface area contributed by atoms with E-state index < -0.39 is 35.8 Å². The Balaban J connectivity index is 1.61. The summed E-state index contributed by atoms with van der Waals surface area (Å²) in [5.74, 6) is 3.85. The normalized spacial score (nSPS) is 24.8. The number of amides is 1. The van der Waals surface area contributed by atoms with Crippen molar-refractivity contribution in [1.29, 1.82) is 0 Å². The van der Waals surface area contributed by atoms with Crippen molar-refractivity contribution in [3.8, 4) is 17.5 Å².